The first-order valence-electron chi connectivity index (χ1n) is 2.52. The third-order valence-electron chi connectivity index (χ3n) is 0.853. The quantitative estimate of drug-likeness (QED) is 0.596. The normalized spacial score (nSPS) is 13.4. The van der Waals surface area contributed by atoms with E-state index in [4.69, 9.17) is 5.11 Å². The summed E-state index contributed by atoms with van der Waals surface area (Å²) in [5.41, 5.74) is -0.984. The summed E-state index contributed by atoms with van der Waals surface area (Å²) in [6, 6.07) is 0. The average molecular weight is 152 g/mol. The number of alkyl halides is 3. The Morgan fingerprint density at radius 2 is 2.00 bits per heavy atom. The zero-order valence-electron chi connectivity index (χ0n) is 5.15. The Labute approximate surface area is 56.5 Å². The maximum Gasteiger partial charge on any atom is 0.414 e. The third-order valence-corrected chi connectivity index (χ3v) is 0.853. The molecule has 0 aromatic heterocycles. The highest BCUT2D eigenvalue weighted by atomic mass is 19.4. The van der Waals surface area contributed by atoms with Crippen LogP contribution in [0.1, 0.15) is 0 Å². The first-order valence-corrected chi connectivity index (χ1v) is 2.52. The first-order chi connectivity index (χ1) is 4.52. The Hall–Kier alpha value is -0.770. The van der Waals surface area contributed by atoms with E-state index < -0.39 is 18.4 Å². The molecule has 10 heavy (non-hydrogen) atoms. The van der Waals surface area contributed by atoms with Crippen LogP contribution < -0.4 is 0 Å². The predicted octanol–water partition coefficient (Wildman–Crippen LogP) is 1.65. The van der Waals surface area contributed by atoms with Gasteiger partial charge in [-0.05, 0) is 0 Å². The largest absolute Gasteiger partial charge is 0.414 e. The van der Waals surface area contributed by atoms with Gasteiger partial charge in [-0.3, -0.25) is 0 Å². The number of hydrogen-bond acceptors (Lipinski definition) is 1. The fraction of sp³-hybridized carbons (Fsp3) is 0.333. The number of allylic oxidation sites excluding steroid dienone is 2. The van der Waals surface area contributed by atoms with Crippen molar-refractivity contribution in [2.75, 3.05) is 6.61 Å². The lowest BCUT2D eigenvalue weighted by molar-refractivity contribution is -0.0974. The standard InChI is InChI=1S/C6H7F3O/c1-2-3-5(4-10)6(7,8)9/h2-3,10H,1,4H2/b5-3+. The van der Waals surface area contributed by atoms with E-state index in [0.29, 0.717) is 0 Å². The minimum absolute atomic E-state index is 0.736. The van der Waals surface area contributed by atoms with Crippen LogP contribution in [0.4, 0.5) is 13.2 Å². The molecule has 0 aliphatic heterocycles. The highest BCUT2D eigenvalue weighted by molar-refractivity contribution is 5.15. The summed E-state index contributed by atoms with van der Waals surface area (Å²) in [5, 5.41) is 8.16. The molecule has 0 aromatic carbocycles. The van der Waals surface area contributed by atoms with Crippen molar-refractivity contribution in [3.63, 3.8) is 0 Å². The van der Waals surface area contributed by atoms with Gasteiger partial charge in [-0.15, -0.1) is 0 Å². The number of rotatable bonds is 2. The third kappa shape index (κ3) is 2.68. The fourth-order valence-electron chi connectivity index (χ4n) is 0.379. The molecule has 0 bridgehead atoms. The Morgan fingerprint density at radius 3 is 2.10 bits per heavy atom. The number of aliphatic hydroxyl groups is 1. The van der Waals surface area contributed by atoms with E-state index in [0.717, 1.165) is 12.2 Å². The van der Waals surface area contributed by atoms with Crippen molar-refractivity contribution in [3.8, 4) is 0 Å². The van der Waals surface area contributed by atoms with E-state index in [1.807, 2.05) is 0 Å². The van der Waals surface area contributed by atoms with E-state index in [2.05, 4.69) is 6.58 Å². The van der Waals surface area contributed by atoms with E-state index in [-0.39, 0.29) is 0 Å². The van der Waals surface area contributed by atoms with Crippen LogP contribution >= 0.6 is 0 Å². The summed E-state index contributed by atoms with van der Waals surface area (Å²) in [7, 11) is 0. The van der Waals surface area contributed by atoms with Crippen molar-refractivity contribution < 1.29 is 18.3 Å². The van der Waals surface area contributed by atoms with Crippen molar-refractivity contribution >= 4 is 0 Å². The predicted molar refractivity (Wildman–Crippen MR) is 31.4 cm³/mol. The summed E-state index contributed by atoms with van der Waals surface area (Å²) in [5.74, 6) is 0. The molecule has 0 unspecified atom stereocenters. The van der Waals surface area contributed by atoms with Gasteiger partial charge in [0.15, 0.2) is 0 Å². The van der Waals surface area contributed by atoms with Crippen molar-refractivity contribution in [1.29, 1.82) is 0 Å². The van der Waals surface area contributed by atoms with Gasteiger partial charge in [-0.1, -0.05) is 18.7 Å². The van der Waals surface area contributed by atoms with Gasteiger partial charge in [0.1, 0.15) is 0 Å². The molecule has 1 nitrogen and oxygen atoms in total. The molecule has 0 saturated heterocycles. The molecule has 0 heterocycles. The SMILES string of the molecule is C=C/C=C(\CO)C(F)(F)F. The van der Waals surface area contributed by atoms with E-state index in [1.165, 1.54) is 0 Å². The molecule has 0 aliphatic carbocycles. The van der Waals surface area contributed by atoms with Crippen molar-refractivity contribution in [3.05, 3.63) is 24.3 Å². The van der Waals surface area contributed by atoms with Crippen molar-refractivity contribution in [2.45, 2.75) is 6.18 Å². The van der Waals surface area contributed by atoms with Gasteiger partial charge >= 0.3 is 6.18 Å². The van der Waals surface area contributed by atoms with Crippen LogP contribution in [-0.4, -0.2) is 17.9 Å². The van der Waals surface area contributed by atoms with Crippen LogP contribution in [0, 0.1) is 0 Å². The monoisotopic (exact) mass is 152 g/mol. The van der Waals surface area contributed by atoms with Gasteiger partial charge < -0.3 is 5.11 Å². The number of hydrogen-bond donors (Lipinski definition) is 1. The maximum atomic E-state index is 11.6. The second-order valence-electron chi connectivity index (χ2n) is 1.58. The summed E-state index contributed by atoms with van der Waals surface area (Å²) in [4.78, 5) is 0. The maximum absolute atomic E-state index is 11.6. The zero-order chi connectivity index (χ0) is 8.20. The molecule has 4 heteroatoms. The summed E-state index contributed by atoms with van der Waals surface area (Å²) in [6.45, 7) is 2.07. The van der Waals surface area contributed by atoms with Crippen LogP contribution in [-0.2, 0) is 0 Å². The Balaban J connectivity index is 4.35. The minimum atomic E-state index is -4.44. The molecule has 0 saturated carbocycles. The van der Waals surface area contributed by atoms with Crippen LogP contribution in [0.3, 0.4) is 0 Å². The summed E-state index contributed by atoms with van der Waals surface area (Å²) < 4.78 is 34.9. The summed E-state index contributed by atoms with van der Waals surface area (Å²) in [6.07, 6.45) is -2.72. The highest BCUT2D eigenvalue weighted by Crippen LogP contribution is 2.24. The van der Waals surface area contributed by atoms with Crippen LogP contribution in [0.25, 0.3) is 0 Å². The Morgan fingerprint density at radius 1 is 1.50 bits per heavy atom. The van der Waals surface area contributed by atoms with Gasteiger partial charge in [0.25, 0.3) is 0 Å². The van der Waals surface area contributed by atoms with Crippen molar-refractivity contribution in [2.24, 2.45) is 0 Å². The molecule has 0 atom stereocenters. The molecule has 0 radical (unpaired) electrons. The smallest absolute Gasteiger partial charge is 0.392 e. The lowest BCUT2D eigenvalue weighted by atomic mass is 10.2. The second-order valence-corrected chi connectivity index (χ2v) is 1.58. The molecule has 0 amide bonds. The molecule has 58 valence electrons. The van der Waals surface area contributed by atoms with Crippen LogP contribution in [0.5, 0.6) is 0 Å². The average Bonchev–Trinajstić information content (AvgIpc) is 1.80. The lowest BCUT2D eigenvalue weighted by Crippen LogP contribution is -2.14. The van der Waals surface area contributed by atoms with E-state index >= 15 is 0 Å². The number of aliphatic hydroxyl groups excluding tert-OH is 1. The highest BCUT2D eigenvalue weighted by Gasteiger charge is 2.32. The molecule has 0 aromatic rings. The Kier molecular flexibility index (Phi) is 3.15. The molecule has 0 rings (SSSR count). The lowest BCUT2D eigenvalue weighted by Gasteiger charge is -2.06. The van der Waals surface area contributed by atoms with Crippen LogP contribution in [0.15, 0.2) is 24.3 Å². The fourth-order valence-corrected chi connectivity index (χ4v) is 0.379. The van der Waals surface area contributed by atoms with E-state index in [9.17, 15) is 13.2 Å². The number of halogens is 3. The molecule has 1 N–H and O–H groups in total. The summed E-state index contributed by atoms with van der Waals surface area (Å²) >= 11 is 0. The molecule has 0 spiro atoms. The Bertz CT molecular complexity index is 146. The van der Waals surface area contributed by atoms with Gasteiger partial charge in [0.05, 0.1) is 12.2 Å². The van der Waals surface area contributed by atoms with Crippen LogP contribution in [0.2, 0.25) is 0 Å². The molecule has 0 aliphatic rings. The van der Waals surface area contributed by atoms with E-state index in [1.54, 1.807) is 0 Å². The molecule has 0 fully saturated rings. The zero-order valence-corrected chi connectivity index (χ0v) is 5.15. The topological polar surface area (TPSA) is 20.2 Å². The second kappa shape index (κ2) is 3.41. The van der Waals surface area contributed by atoms with Gasteiger partial charge in [0, 0.05) is 0 Å². The van der Waals surface area contributed by atoms with Gasteiger partial charge in [-0.25, -0.2) is 0 Å². The first kappa shape index (κ1) is 9.23. The molecular weight excluding hydrogens is 145 g/mol. The minimum Gasteiger partial charge on any atom is -0.392 e. The van der Waals surface area contributed by atoms with Gasteiger partial charge in [0.2, 0.25) is 0 Å². The molecular formula is C6H7F3O. The van der Waals surface area contributed by atoms with Gasteiger partial charge in [-0.2, -0.15) is 13.2 Å². The van der Waals surface area contributed by atoms with Crippen molar-refractivity contribution in [1.82, 2.24) is 0 Å².